The van der Waals surface area contributed by atoms with E-state index in [1.165, 1.54) is 19.1 Å². The minimum Gasteiger partial charge on any atom is -0.478 e. The minimum atomic E-state index is -3.80. The number of hydrogen-bond donors (Lipinski definition) is 2. The van der Waals surface area contributed by atoms with E-state index >= 15 is 0 Å². The minimum absolute atomic E-state index is 0.0607. The highest BCUT2D eigenvalue weighted by atomic mass is 35.5. The van der Waals surface area contributed by atoms with Crippen LogP contribution in [0, 0.1) is 5.92 Å². The number of carboxylic acid groups (broad SMARTS) is 1. The van der Waals surface area contributed by atoms with Gasteiger partial charge in [0.1, 0.15) is 0 Å². The average molecular weight is 306 g/mol. The SMILES string of the molecule is CC(CS(=O)(=O)c1ccc(Cl)c(C(=O)O)c1)C(N)=O. The van der Waals surface area contributed by atoms with Gasteiger partial charge in [0.25, 0.3) is 0 Å². The topological polar surface area (TPSA) is 115 Å². The third-order valence-corrected chi connectivity index (χ3v) is 4.72. The molecule has 0 fully saturated rings. The van der Waals surface area contributed by atoms with E-state index in [1.54, 1.807) is 0 Å². The van der Waals surface area contributed by atoms with Crippen molar-refractivity contribution in [3.05, 3.63) is 28.8 Å². The highest BCUT2D eigenvalue weighted by Gasteiger charge is 2.23. The van der Waals surface area contributed by atoms with Crippen LogP contribution in [0.2, 0.25) is 5.02 Å². The number of carboxylic acids is 1. The van der Waals surface area contributed by atoms with Crippen LogP contribution in [0.3, 0.4) is 0 Å². The molecule has 0 aromatic heterocycles. The van der Waals surface area contributed by atoms with E-state index in [2.05, 4.69) is 0 Å². The van der Waals surface area contributed by atoms with Gasteiger partial charge in [0.15, 0.2) is 9.84 Å². The molecule has 1 aromatic carbocycles. The number of carbonyl (C=O) groups excluding carboxylic acids is 1. The van der Waals surface area contributed by atoms with Gasteiger partial charge in [0, 0.05) is 5.92 Å². The lowest BCUT2D eigenvalue weighted by Crippen LogP contribution is -2.27. The van der Waals surface area contributed by atoms with Gasteiger partial charge in [0.2, 0.25) is 5.91 Å². The van der Waals surface area contributed by atoms with Gasteiger partial charge in [-0.25, -0.2) is 13.2 Å². The number of primary amides is 1. The molecule has 0 heterocycles. The molecule has 0 saturated heterocycles. The second-order valence-electron chi connectivity index (χ2n) is 4.03. The van der Waals surface area contributed by atoms with E-state index < -0.39 is 33.4 Å². The Bertz CT molecular complexity index is 626. The monoisotopic (exact) mass is 305 g/mol. The number of halogens is 1. The van der Waals surface area contributed by atoms with E-state index in [0.29, 0.717) is 0 Å². The lowest BCUT2D eigenvalue weighted by molar-refractivity contribution is -0.120. The van der Waals surface area contributed by atoms with E-state index in [1.807, 2.05) is 0 Å². The summed E-state index contributed by atoms with van der Waals surface area (Å²) in [4.78, 5) is 21.6. The molecule has 3 N–H and O–H groups in total. The number of nitrogens with two attached hydrogens (primary N) is 1. The lowest BCUT2D eigenvalue weighted by atomic mass is 10.2. The zero-order chi connectivity index (χ0) is 14.8. The van der Waals surface area contributed by atoms with Crippen LogP contribution in [-0.4, -0.2) is 31.2 Å². The van der Waals surface area contributed by atoms with Gasteiger partial charge in [-0.05, 0) is 18.2 Å². The number of carbonyl (C=O) groups is 2. The standard InChI is InChI=1S/C11H12ClNO5S/c1-6(10(13)14)5-19(17,18)7-2-3-9(12)8(4-7)11(15)16/h2-4,6H,5H2,1H3,(H2,13,14)(H,15,16). The van der Waals surface area contributed by atoms with Gasteiger partial charge < -0.3 is 10.8 Å². The number of sulfone groups is 1. The van der Waals surface area contributed by atoms with Crippen molar-refractivity contribution in [2.45, 2.75) is 11.8 Å². The molecule has 0 saturated carbocycles. The van der Waals surface area contributed by atoms with Crippen molar-refractivity contribution in [3.8, 4) is 0 Å². The fourth-order valence-electron chi connectivity index (χ4n) is 1.37. The lowest BCUT2D eigenvalue weighted by Gasteiger charge is -2.09. The molecular formula is C11H12ClNO5S. The van der Waals surface area contributed by atoms with Crippen LogP contribution >= 0.6 is 11.6 Å². The first-order valence-corrected chi connectivity index (χ1v) is 7.23. The van der Waals surface area contributed by atoms with Crippen LogP contribution in [-0.2, 0) is 14.6 Å². The molecule has 0 bridgehead atoms. The number of rotatable bonds is 5. The van der Waals surface area contributed by atoms with Gasteiger partial charge in [-0.3, -0.25) is 4.79 Å². The molecule has 6 nitrogen and oxygen atoms in total. The Morgan fingerprint density at radius 2 is 2.00 bits per heavy atom. The highest BCUT2D eigenvalue weighted by Crippen LogP contribution is 2.22. The summed E-state index contributed by atoms with van der Waals surface area (Å²) in [6.45, 7) is 1.38. The van der Waals surface area contributed by atoms with Crippen molar-refractivity contribution in [2.24, 2.45) is 11.7 Å². The number of aromatic carboxylic acids is 1. The molecular weight excluding hydrogens is 294 g/mol. The van der Waals surface area contributed by atoms with E-state index in [9.17, 15) is 18.0 Å². The smallest absolute Gasteiger partial charge is 0.337 e. The fourth-order valence-corrected chi connectivity index (χ4v) is 3.16. The number of benzene rings is 1. The Kier molecular flexibility index (Phi) is 4.54. The average Bonchev–Trinajstić information content (AvgIpc) is 2.27. The van der Waals surface area contributed by atoms with Crippen molar-refractivity contribution < 1.29 is 23.1 Å². The molecule has 1 rings (SSSR count). The van der Waals surface area contributed by atoms with Gasteiger partial charge in [-0.15, -0.1) is 0 Å². The van der Waals surface area contributed by atoms with Crippen molar-refractivity contribution in [2.75, 3.05) is 5.75 Å². The highest BCUT2D eigenvalue weighted by molar-refractivity contribution is 7.91. The summed E-state index contributed by atoms with van der Waals surface area (Å²) < 4.78 is 24.0. The molecule has 1 aromatic rings. The van der Waals surface area contributed by atoms with E-state index in [0.717, 1.165) is 6.07 Å². The second-order valence-corrected chi connectivity index (χ2v) is 6.47. The van der Waals surface area contributed by atoms with Crippen molar-refractivity contribution in [1.29, 1.82) is 0 Å². The molecule has 19 heavy (non-hydrogen) atoms. The summed E-state index contributed by atoms with van der Waals surface area (Å²) in [6, 6.07) is 3.35. The van der Waals surface area contributed by atoms with E-state index in [4.69, 9.17) is 22.4 Å². The van der Waals surface area contributed by atoms with E-state index in [-0.39, 0.29) is 15.5 Å². The zero-order valence-electron chi connectivity index (χ0n) is 9.96. The molecule has 0 aliphatic carbocycles. The number of hydrogen-bond acceptors (Lipinski definition) is 4. The Morgan fingerprint density at radius 3 is 2.47 bits per heavy atom. The van der Waals surface area contributed by atoms with Crippen molar-refractivity contribution >= 4 is 33.3 Å². The maximum atomic E-state index is 12.0. The molecule has 0 spiro atoms. The zero-order valence-corrected chi connectivity index (χ0v) is 11.5. The quantitative estimate of drug-likeness (QED) is 0.840. The molecule has 0 aliphatic heterocycles. The van der Waals surface area contributed by atoms with Gasteiger partial charge in [-0.1, -0.05) is 18.5 Å². The molecule has 1 unspecified atom stereocenters. The summed E-state index contributed by atoms with van der Waals surface area (Å²) in [5.41, 5.74) is 4.69. The molecule has 1 amide bonds. The summed E-state index contributed by atoms with van der Waals surface area (Å²) in [7, 11) is -3.80. The Labute approximate surface area is 115 Å². The molecule has 0 aliphatic rings. The summed E-state index contributed by atoms with van der Waals surface area (Å²) in [6.07, 6.45) is 0. The second kappa shape index (κ2) is 5.58. The molecule has 1 atom stereocenters. The molecule has 104 valence electrons. The van der Waals surface area contributed by atoms with Gasteiger partial charge in [-0.2, -0.15) is 0 Å². The Balaban J connectivity index is 3.19. The first-order chi connectivity index (χ1) is 8.65. The predicted octanol–water partition coefficient (Wildman–Crippen LogP) is 0.933. The van der Waals surface area contributed by atoms with Crippen LogP contribution in [0.1, 0.15) is 17.3 Å². The largest absolute Gasteiger partial charge is 0.478 e. The van der Waals surface area contributed by atoms with Gasteiger partial charge in [0.05, 0.1) is 21.2 Å². The third-order valence-electron chi connectivity index (χ3n) is 2.48. The Hall–Kier alpha value is -1.60. The first kappa shape index (κ1) is 15.5. The van der Waals surface area contributed by atoms with Crippen molar-refractivity contribution in [1.82, 2.24) is 0 Å². The van der Waals surface area contributed by atoms with Gasteiger partial charge >= 0.3 is 5.97 Å². The fraction of sp³-hybridized carbons (Fsp3) is 0.273. The van der Waals surface area contributed by atoms with Crippen LogP contribution in [0.25, 0.3) is 0 Å². The summed E-state index contributed by atoms with van der Waals surface area (Å²) in [5.74, 6) is -3.42. The predicted molar refractivity (Wildman–Crippen MR) is 68.8 cm³/mol. The molecule has 8 heteroatoms. The maximum absolute atomic E-state index is 12.0. The van der Waals surface area contributed by atoms with Crippen LogP contribution < -0.4 is 5.73 Å². The third kappa shape index (κ3) is 3.68. The first-order valence-electron chi connectivity index (χ1n) is 5.20. The van der Waals surface area contributed by atoms with Crippen molar-refractivity contribution in [3.63, 3.8) is 0 Å². The summed E-state index contributed by atoms with van der Waals surface area (Å²) in [5, 5.41) is 8.81. The maximum Gasteiger partial charge on any atom is 0.337 e. The Morgan fingerprint density at radius 1 is 1.42 bits per heavy atom. The van der Waals surface area contributed by atoms with Crippen LogP contribution in [0.4, 0.5) is 0 Å². The number of amides is 1. The van der Waals surface area contributed by atoms with Crippen LogP contribution in [0.15, 0.2) is 23.1 Å². The molecule has 0 radical (unpaired) electrons. The summed E-state index contributed by atoms with van der Waals surface area (Å²) >= 11 is 5.65. The van der Waals surface area contributed by atoms with Crippen LogP contribution in [0.5, 0.6) is 0 Å². The normalized spacial score (nSPS) is 12.9.